The van der Waals surface area contributed by atoms with Gasteiger partial charge in [0.15, 0.2) is 0 Å². The molecule has 0 aliphatic rings. The molecule has 2 aromatic heterocycles. The number of hydrogen-bond acceptors (Lipinski definition) is 2. The van der Waals surface area contributed by atoms with Crippen LogP contribution in [0.25, 0.3) is 64.5 Å². The van der Waals surface area contributed by atoms with Crippen LogP contribution in [0.15, 0.2) is 146 Å². The average molecular weight is 555 g/mol. The molecular formula is C39H26N2S. The number of thiophene rings is 1. The van der Waals surface area contributed by atoms with Crippen LogP contribution in [-0.2, 0) is 0 Å². The lowest BCUT2D eigenvalue weighted by Crippen LogP contribution is -1.96. The van der Waals surface area contributed by atoms with Gasteiger partial charge in [0.25, 0.3) is 0 Å². The Morgan fingerprint density at radius 3 is 1.93 bits per heavy atom. The van der Waals surface area contributed by atoms with Gasteiger partial charge in [0.05, 0.1) is 16.7 Å². The molecule has 0 spiro atoms. The van der Waals surface area contributed by atoms with E-state index in [4.69, 9.17) is 5.41 Å². The summed E-state index contributed by atoms with van der Waals surface area (Å²) in [5, 5.41) is 16.6. The van der Waals surface area contributed by atoms with Gasteiger partial charge in [-0.1, -0.05) is 121 Å². The van der Waals surface area contributed by atoms with E-state index < -0.39 is 0 Å². The van der Waals surface area contributed by atoms with Gasteiger partial charge in [0.1, 0.15) is 0 Å². The first-order valence-electron chi connectivity index (χ1n) is 14.1. The van der Waals surface area contributed by atoms with Crippen LogP contribution in [0, 0.1) is 5.41 Å². The maximum absolute atomic E-state index is 8.87. The predicted octanol–water partition coefficient (Wildman–Crippen LogP) is 10.9. The van der Waals surface area contributed by atoms with Crippen LogP contribution in [0.2, 0.25) is 0 Å². The molecule has 6 aromatic carbocycles. The molecule has 1 N–H and O–H groups in total. The van der Waals surface area contributed by atoms with Gasteiger partial charge in [0, 0.05) is 47.9 Å². The molecule has 2 heterocycles. The molecule has 0 amide bonds. The van der Waals surface area contributed by atoms with Crippen LogP contribution in [0.1, 0.15) is 11.1 Å². The van der Waals surface area contributed by atoms with Crippen LogP contribution in [0.3, 0.4) is 0 Å². The first-order valence-corrected chi connectivity index (χ1v) is 14.9. The Kier molecular flexibility index (Phi) is 5.83. The molecule has 198 valence electrons. The number of nitrogens with one attached hydrogen (secondary N) is 1. The number of rotatable bonds is 5. The third-order valence-corrected chi connectivity index (χ3v) is 9.28. The van der Waals surface area contributed by atoms with Gasteiger partial charge >= 0.3 is 0 Å². The van der Waals surface area contributed by atoms with E-state index in [1.165, 1.54) is 52.8 Å². The lowest BCUT2D eigenvalue weighted by Gasteiger charge is -2.09. The van der Waals surface area contributed by atoms with Gasteiger partial charge in [-0.15, -0.1) is 11.3 Å². The van der Waals surface area contributed by atoms with Crippen molar-refractivity contribution in [2.24, 2.45) is 0 Å². The second kappa shape index (κ2) is 9.99. The van der Waals surface area contributed by atoms with Crippen LogP contribution in [0.4, 0.5) is 0 Å². The van der Waals surface area contributed by atoms with E-state index in [0.717, 1.165) is 16.7 Å². The lowest BCUT2D eigenvalue weighted by molar-refractivity contribution is 1.30. The Balaban J connectivity index is 1.44. The molecule has 0 saturated carbocycles. The van der Waals surface area contributed by atoms with Gasteiger partial charge in [-0.25, -0.2) is 0 Å². The number of nitrogens with zero attached hydrogens (tertiary/aromatic N) is 1. The van der Waals surface area contributed by atoms with Crippen molar-refractivity contribution in [2.45, 2.75) is 0 Å². The van der Waals surface area contributed by atoms with Crippen molar-refractivity contribution < 1.29 is 0 Å². The molecule has 2 nitrogen and oxygen atoms in total. The number of fused-ring (bicyclic) bond motifs is 10. The van der Waals surface area contributed by atoms with Gasteiger partial charge in [-0.05, 0) is 41.0 Å². The zero-order valence-electron chi connectivity index (χ0n) is 22.8. The largest absolute Gasteiger partial charge is 0.315 e. The lowest BCUT2D eigenvalue weighted by atomic mass is 10.00. The zero-order chi connectivity index (χ0) is 28.0. The monoisotopic (exact) mass is 554 g/mol. The van der Waals surface area contributed by atoms with Gasteiger partial charge in [0.2, 0.25) is 0 Å². The molecule has 0 aliphatic carbocycles. The van der Waals surface area contributed by atoms with E-state index in [1.807, 2.05) is 53.8 Å². The minimum absolute atomic E-state index is 0.484. The average Bonchev–Trinajstić information content (AvgIpc) is 3.60. The summed E-state index contributed by atoms with van der Waals surface area (Å²) in [6, 6.07) is 46.6. The van der Waals surface area contributed by atoms with Gasteiger partial charge in [-0.3, -0.25) is 0 Å². The van der Waals surface area contributed by atoms with E-state index in [2.05, 4.69) is 114 Å². The Bertz CT molecular complexity index is 2350. The third-order valence-electron chi connectivity index (χ3n) is 8.08. The van der Waals surface area contributed by atoms with Gasteiger partial charge < -0.3 is 9.98 Å². The Labute approximate surface area is 247 Å². The molecule has 0 fully saturated rings. The number of aromatic nitrogens is 1. The minimum Gasteiger partial charge on any atom is -0.315 e. The molecule has 8 rings (SSSR count). The summed E-state index contributed by atoms with van der Waals surface area (Å²) in [6.07, 6.45) is 6.32. The maximum Gasteiger partial charge on any atom is 0.0620 e. The first kappa shape index (κ1) is 24.5. The summed E-state index contributed by atoms with van der Waals surface area (Å²) in [5.41, 5.74) is 5.83. The summed E-state index contributed by atoms with van der Waals surface area (Å²) in [4.78, 5) is 0. The molecule has 0 saturated heterocycles. The summed E-state index contributed by atoms with van der Waals surface area (Å²) in [7, 11) is 0. The van der Waals surface area contributed by atoms with E-state index in [9.17, 15) is 0 Å². The smallest absolute Gasteiger partial charge is 0.0620 e. The van der Waals surface area contributed by atoms with Crippen molar-refractivity contribution in [1.82, 2.24) is 4.57 Å². The maximum atomic E-state index is 8.87. The van der Waals surface area contributed by atoms with Crippen molar-refractivity contribution >= 4 is 81.6 Å². The SMILES string of the molecule is N=C(/C=C(\C=C\n1c2ccccc2c2c3c4ccccc4sc3c3ccccc3c21)c1ccccc1)c1ccccc1. The van der Waals surface area contributed by atoms with Crippen molar-refractivity contribution in [3.63, 3.8) is 0 Å². The molecule has 8 aromatic rings. The summed E-state index contributed by atoms with van der Waals surface area (Å²) in [6.45, 7) is 0. The molecule has 0 atom stereocenters. The van der Waals surface area contributed by atoms with Crippen LogP contribution < -0.4 is 0 Å². The Morgan fingerprint density at radius 1 is 0.571 bits per heavy atom. The Hall–Kier alpha value is -5.25. The molecule has 3 heteroatoms. The number of para-hydroxylation sites is 1. The van der Waals surface area contributed by atoms with E-state index in [0.29, 0.717) is 5.71 Å². The highest BCUT2D eigenvalue weighted by atomic mass is 32.1. The second-order valence-electron chi connectivity index (χ2n) is 10.5. The summed E-state index contributed by atoms with van der Waals surface area (Å²) in [5.74, 6) is 0. The normalized spacial score (nSPS) is 12.4. The van der Waals surface area contributed by atoms with Crippen LogP contribution >= 0.6 is 11.3 Å². The highest BCUT2D eigenvalue weighted by Gasteiger charge is 2.20. The zero-order valence-corrected chi connectivity index (χ0v) is 23.6. The summed E-state index contributed by atoms with van der Waals surface area (Å²) >= 11 is 1.88. The van der Waals surface area contributed by atoms with Crippen molar-refractivity contribution in [3.05, 3.63) is 157 Å². The molecule has 0 unspecified atom stereocenters. The minimum atomic E-state index is 0.484. The van der Waals surface area contributed by atoms with Crippen molar-refractivity contribution in [1.29, 1.82) is 5.41 Å². The fourth-order valence-corrected chi connectivity index (χ4v) is 7.43. The highest BCUT2D eigenvalue weighted by Crippen LogP contribution is 2.47. The van der Waals surface area contributed by atoms with Crippen LogP contribution in [-0.4, -0.2) is 10.3 Å². The third kappa shape index (κ3) is 3.90. The number of hydrogen-bond donors (Lipinski definition) is 1. The molecule has 42 heavy (non-hydrogen) atoms. The summed E-state index contributed by atoms with van der Waals surface area (Å²) < 4.78 is 5.00. The predicted molar refractivity (Wildman–Crippen MR) is 183 cm³/mol. The first-order chi connectivity index (χ1) is 20.8. The number of allylic oxidation sites excluding steroid dienone is 3. The second-order valence-corrected chi connectivity index (χ2v) is 11.6. The molecular weight excluding hydrogens is 529 g/mol. The highest BCUT2D eigenvalue weighted by molar-refractivity contribution is 7.27. The van der Waals surface area contributed by atoms with Crippen molar-refractivity contribution in [2.75, 3.05) is 0 Å². The van der Waals surface area contributed by atoms with Crippen molar-refractivity contribution in [3.8, 4) is 0 Å². The fraction of sp³-hybridized carbons (Fsp3) is 0. The van der Waals surface area contributed by atoms with E-state index >= 15 is 0 Å². The molecule has 0 radical (unpaired) electrons. The topological polar surface area (TPSA) is 28.8 Å². The number of benzene rings is 6. The van der Waals surface area contributed by atoms with E-state index in [1.54, 1.807) is 0 Å². The molecule has 0 bridgehead atoms. The van der Waals surface area contributed by atoms with Crippen LogP contribution in [0.5, 0.6) is 0 Å². The standard InChI is InChI=1S/C39H26N2S/c40-33(27-15-5-2-6-16-27)25-28(26-13-3-1-4-14-26)23-24-41-34-21-11-9-19-31(34)36-37-32-20-10-12-22-35(32)42-39(37)30-18-8-7-17-29(30)38(36)41/h1-25,40H/b24-23+,28-25+,40-33?. The Morgan fingerprint density at radius 2 is 1.17 bits per heavy atom. The molecule has 0 aliphatic heterocycles. The fourth-order valence-electron chi connectivity index (χ4n) is 6.18. The van der Waals surface area contributed by atoms with Gasteiger partial charge in [-0.2, -0.15) is 0 Å². The quantitative estimate of drug-likeness (QED) is 0.162. The van der Waals surface area contributed by atoms with E-state index in [-0.39, 0.29) is 0 Å².